The maximum absolute atomic E-state index is 6.19. The van der Waals surface area contributed by atoms with E-state index in [9.17, 15) is 0 Å². The third kappa shape index (κ3) is 2.76. The summed E-state index contributed by atoms with van der Waals surface area (Å²) in [5.41, 5.74) is 6.99. The van der Waals surface area contributed by atoms with E-state index in [0.717, 1.165) is 30.0 Å². The minimum atomic E-state index is 0.316. The molecule has 88 valence electrons. The highest BCUT2D eigenvalue weighted by Crippen LogP contribution is 2.30. The monoisotopic (exact) mass is 239 g/mol. The molecule has 0 bridgehead atoms. The summed E-state index contributed by atoms with van der Waals surface area (Å²) in [5.74, 6) is 0.316. The second-order valence-electron chi connectivity index (χ2n) is 4.32. The molecule has 1 fully saturated rings. The van der Waals surface area contributed by atoms with Crippen LogP contribution < -0.4 is 5.73 Å². The minimum absolute atomic E-state index is 0.316. The van der Waals surface area contributed by atoms with Gasteiger partial charge < -0.3 is 10.5 Å². The average Bonchev–Trinajstić information content (AvgIpc) is 2.80. The molecule has 1 aromatic carbocycles. The smallest absolute Gasteiger partial charge is 0.0582 e. The Morgan fingerprint density at radius 1 is 1.44 bits per heavy atom. The fraction of sp³-hybridized carbons (Fsp3) is 0.538. The molecule has 0 saturated carbocycles. The summed E-state index contributed by atoms with van der Waals surface area (Å²) >= 11 is 6.19. The SMILES string of the molecule is NCC(CC1CCCO1)c1ccccc1Cl. The van der Waals surface area contributed by atoms with Crippen molar-refractivity contribution in [1.82, 2.24) is 0 Å². The van der Waals surface area contributed by atoms with Gasteiger partial charge in [-0.1, -0.05) is 29.8 Å². The van der Waals surface area contributed by atoms with Crippen LogP contribution in [-0.2, 0) is 4.74 Å². The van der Waals surface area contributed by atoms with Gasteiger partial charge in [-0.25, -0.2) is 0 Å². The molecule has 2 atom stereocenters. The standard InChI is InChI=1S/C13H18ClNO/c14-13-6-2-1-5-12(13)10(9-15)8-11-4-3-7-16-11/h1-2,5-6,10-11H,3-4,7-9,15H2. The van der Waals surface area contributed by atoms with Crippen LogP contribution in [0.4, 0.5) is 0 Å². The Kier molecular flexibility index (Phi) is 4.22. The zero-order chi connectivity index (χ0) is 11.4. The highest BCUT2D eigenvalue weighted by molar-refractivity contribution is 6.31. The molecule has 1 heterocycles. The van der Waals surface area contributed by atoms with Gasteiger partial charge in [0.05, 0.1) is 6.10 Å². The summed E-state index contributed by atoms with van der Waals surface area (Å²) in [6.45, 7) is 1.52. The lowest BCUT2D eigenvalue weighted by Gasteiger charge is -2.20. The van der Waals surface area contributed by atoms with E-state index < -0.39 is 0 Å². The lowest BCUT2D eigenvalue weighted by molar-refractivity contribution is 0.0984. The third-order valence-electron chi connectivity index (χ3n) is 3.20. The van der Waals surface area contributed by atoms with Crippen molar-refractivity contribution in [2.45, 2.75) is 31.3 Å². The Hall–Kier alpha value is -0.570. The van der Waals surface area contributed by atoms with Gasteiger partial charge in [0, 0.05) is 17.5 Å². The summed E-state index contributed by atoms with van der Waals surface area (Å²) in [6.07, 6.45) is 3.68. The second-order valence-corrected chi connectivity index (χ2v) is 4.73. The molecule has 0 aliphatic carbocycles. The number of rotatable bonds is 4. The van der Waals surface area contributed by atoms with Gasteiger partial charge in [0.15, 0.2) is 0 Å². The molecule has 2 unspecified atom stereocenters. The van der Waals surface area contributed by atoms with Crippen molar-refractivity contribution in [2.75, 3.05) is 13.2 Å². The summed E-state index contributed by atoms with van der Waals surface area (Å²) < 4.78 is 5.65. The first-order chi connectivity index (χ1) is 7.81. The highest BCUT2D eigenvalue weighted by atomic mass is 35.5. The number of hydrogen-bond donors (Lipinski definition) is 1. The molecule has 2 nitrogen and oxygen atoms in total. The van der Waals surface area contributed by atoms with Gasteiger partial charge in [-0.3, -0.25) is 0 Å². The van der Waals surface area contributed by atoms with Crippen LogP contribution in [0.3, 0.4) is 0 Å². The molecule has 3 heteroatoms. The number of halogens is 1. The largest absolute Gasteiger partial charge is 0.378 e. The van der Waals surface area contributed by atoms with Crippen LogP contribution in [-0.4, -0.2) is 19.3 Å². The Morgan fingerprint density at radius 2 is 2.25 bits per heavy atom. The Labute approximate surface area is 102 Å². The molecule has 2 rings (SSSR count). The molecule has 1 saturated heterocycles. The lowest BCUT2D eigenvalue weighted by Crippen LogP contribution is -2.19. The first-order valence-corrected chi connectivity index (χ1v) is 6.25. The Bertz CT molecular complexity index is 336. The van der Waals surface area contributed by atoms with E-state index in [1.54, 1.807) is 0 Å². The third-order valence-corrected chi connectivity index (χ3v) is 3.55. The van der Waals surface area contributed by atoms with E-state index in [2.05, 4.69) is 6.07 Å². The maximum Gasteiger partial charge on any atom is 0.0582 e. The van der Waals surface area contributed by atoms with Crippen molar-refractivity contribution in [3.05, 3.63) is 34.9 Å². The van der Waals surface area contributed by atoms with E-state index in [1.807, 2.05) is 18.2 Å². The van der Waals surface area contributed by atoms with Crippen LogP contribution in [0.25, 0.3) is 0 Å². The van der Waals surface area contributed by atoms with Crippen LogP contribution in [0.15, 0.2) is 24.3 Å². The number of hydrogen-bond acceptors (Lipinski definition) is 2. The second kappa shape index (κ2) is 5.67. The first kappa shape index (κ1) is 11.9. The average molecular weight is 240 g/mol. The van der Waals surface area contributed by atoms with Crippen LogP contribution in [0, 0.1) is 0 Å². The topological polar surface area (TPSA) is 35.2 Å². The predicted octanol–water partition coefficient (Wildman–Crippen LogP) is 2.95. The summed E-state index contributed by atoms with van der Waals surface area (Å²) in [5, 5.41) is 0.816. The molecule has 0 aromatic heterocycles. The van der Waals surface area contributed by atoms with Crippen molar-refractivity contribution in [3.63, 3.8) is 0 Å². The fourth-order valence-corrected chi connectivity index (χ4v) is 2.59. The molecule has 16 heavy (non-hydrogen) atoms. The van der Waals surface area contributed by atoms with Crippen LogP contribution in [0.1, 0.15) is 30.7 Å². The van der Waals surface area contributed by atoms with Gasteiger partial charge >= 0.3 is 0 Å². The van der Waals surface area contributed by atoms with E-state index in [1.165, 1.54) is 6.42 Å². The number of nitrogens with two attached hydrogens (primary N) is 1. The van der Waals surface area contributed by atoms with E-state index >= 15 is 0 Å². The van der Waals surface area contributed by atoms with E-state index in [4.69, 9.17) is 22.1 Å². The van der Waals surface area contributed by atoms with Gasteiger partial charge in [0.2, 0.25) is 0 Å². The zero-order valence-electron chi connectivity index (χ0n) is 9.36. The van der Waals surface area contributed by atoms with Crippen LogP contribution in [0.5, 0.6) is 0 Å². The Morgan fingerprint density at radius 3 is 2.88 bits per heavy atom. The first-order valence-electron chi connectivity index (χ1n) is 5.87. The molecular formula is C13H18ClNO. The van der Waals surface area contributed by atoms with Gasteiger partial charge in [-0.2, -0.15) is 0 Å². The number of benzene rings is 1. The molecule has 0 amide bonds. The predicted molar refractivity (Wildman–Crippen MR) is 66.8 cm³/mol. The van der Waals surface area contributed by atoms with Crippen molar-refractivity contribution < 1.29 is 4.74 Å². The molecule has 1 aliphatic rings. The maximum atomic E-state index is 6.19. The summed E-state index contributed by atoms with van der Waals surface area (Å²) in [6, 6.07) is 7.95. The van der Waals surface area contributed by atoms with E-state index in [0.29, 0.717) is 18.6 Å². The Balaban J connectivity index is 2.06. The van der Waals surface area contributed by atoms with Crippen molar-refractivity contribution >= 4 is 11.6 Å². The van der Waals surface area contributed by atoms with Crippen molar-refractivity contribution in [2.24, 2.45) is 5.73 Å². The van der Waals surface area contributed by atoms with Crippen LogP contribution >= 0.6 is 11.6 Å². The van der Waals surface area contributed by atoms with Gasteiger partial charge in [0.1, 0.15) is 0 Å². The molecule has 0 spiro atoms. The quantitative estimate of drug-likeness (QED) is 0.877. The molecule has 1 aliphatic heterocycles. The zero-order valence-corrected chi connectivity index (χ0v) is 10.1. The summed E-state index contributed by atoms with van der Waals surface area (Å²) in [7, 11) is 0. The molecule has 1 aromatic rings. The molecule has 0 radical (unpaired) electrons. The number of ether oxygens (including phenoxy) is 1. The van der Waals surface area contributed by atoms with Crippen LogP contribution in [0.2, 0.25) is 5.02 Å². The van der Waals surface area contributed by atoms with E-state index in [-0.39, 0.29) is 0 Å². The van der Waals surface area contributed by atoms with Gasteiger partial charge in [0.25, 0.3) is 0 Å². The van der Waals surface area contributed by atoms with Gasteiger partial charge in [-0.15, -0.1) is 0 Å². The fourth-order valence-electron chi connectivity index (χ4n) is 2.30. The summed E-state index contributed by atoms with van der Waals surface area (Å²) in [4.78, 5) is 0. The minimum Gasteiger partial charge on any atom is -0.378 e. The van der Waals surface area contributed by atoms with Crippen molar-refractivity contribution in [1.29, 1.82) is 0 Å². The highest BCUT2D eigenvalue weighted by Gasteiger charge is 2.22. The van der Waals surface area contributed by atoms with Gasteiger partial charge in [-0.05, 0) is 37.4 Å². The lowest BCUT2D eigenvalue weighted by atomic mass is 9.92. The normalized spacial score (nSPS) is 22.2. The van der Waals surface area contributed by atoms with Crippen molar-refractivity contribution in [3.8, 4) is 0 Å². The molecular weight excluding hydrogens is 222 g/mol. The molecule has 2 N–H and O–H groups in total.